The van der Waals surface area contributed by atoms with Crippen molar-refractivity contribution in [3.63, 3.8) is 0 Å². The van der Waals surface area contributed by atoms with Crippen LogP contribution in [-0.4, -0.2) is 16.5 Å². The molecule has 19 heavy (non-hydrogen) atoms. The van der Waals surface area contributed by atoms with Gasteiger partial charge < -0.3 is 9.73 Å². The lowest BCUT2D eigenvalue weighted by Crippen LogP contribution is -2.11. The van der Waals surface area contributed by atoms with Gasteiger partial charge in [0.1, 0.15) is 0 Å². The van der Waals surface area contributed by atoms with E-state index in [-0.39, 0.29) is 5.69 Å². The first kappa shape index (κ1) is 13.2. The fourth-order valence-electron chi connectivity index (χ4n) is 1.84. The summed E-state index contributed by atoms with van der Waals surface area (Å²) in [5.74, 6) is 1.12. The Balaban J connectivity index is 2.34. The van der Waals surface area contributed by atoms with Gasteiger partial charge in [-0.1, -0.05) is 19.1 Å². The van der Waals surface area contributed by atoms with Gasteiger partial charge in [-0.05, 0) is 13.5 Å². The molecule has 1 heterocycles. The molecule has 0 aliphatic heterocycles. The zero-order chi connectivity index (χ0) is 13.8. The largest absolute Gasteiger partial charge is 0.439 e. The molecule has 2 rings (SSSR count). The second-order valence-electron chi connectivity index (χ2n) is 4.11. The topological polar surface area (TPSA) is 81.2 Å². The zero-order valence-corrected chi connectivity index (χ0v) is 10.8. The number of nitrogens with zero attached hydrogens (tertiary/aromatic N) is 2. The Morgan fingerprint density at radius 1 is 1.47 bits per heavy atom. The van der Waals surface area contributed by atoms with Crippen molar-refractivity contribution in [2.75, 3.05) is 6.54 Å². The fraction of sp³-hybridized carbons (Fsp3) is 0.308. The Morgan fingerprint density at radius 3 is 2.95 bits per heavy atom. The van der Waals surface area contributed by atoms with Crippen LogP contribution in [-0.2, 0) is 6.54 Å². The maximum absolute atomic E-state index is 10.9. The summed E-state index contributed by atoms with van der Waals surface area (Å²) >= 11 is 0. The Labute approximate surface area is 110 Å². The number of aromatic nitrogens is 1. The van der Waals surface area contributed by atoms with Crippen LogP contribution in [0.4, 0.5) is 5.69 Å². The summed E-state index contributed by atoms with van der Waals surface area (Å²) in [5.41, 5.74) is 1.37. The minimum absolute atomic E-state index is 0.0853. The molecule has 0 amide bonds. The molecule has 0 bridgehead atoms. The summed E-state index contributed by atoms with van der Waals surface area (Å²) < 4.78 is 5.59. The first-order valence-electron chi connectivity index (χ1n) is 6.03. The highest BCUT2D eigenvalue weighted by Crippen LogP contribution is 2.30. The van der Waals surface area contributed by atoms with Crippen molar-refractivity contribution >= 4 is 5.69 Å². The molecule has 0 aliphatic rings. The molecule has 0 aliphatic carbocycles. The van der Waals surface area contributed by atoms with Gasteiger partial charge in [-0.25, -0.2) is 4.98 Å². The van der Waals surface area contributed by atoms with Gasteiger partial charge in [0.15, 0.2) is 5.76 Å². The second kappa shape index (κ2) is 5.62. The van der Waals surface area contributed by atoms with E-state index in [2.05, 4.69) is 10.3 Å². The van der Waals surface area contributed by atoms with Crippen molar-refractivity contribution in [2.45, 2.75) is 20.4 Å². The number of nitro benzene ring substituents is 1. The number of hydrogen-bond donors (Lipinski definition) is 1. The van der Waals surface area contributed by atoms with E-state index in [1.54, 1.807) is 25.3 Å². The first-order chi connectivity index (χ1) is 9.13. The second-order valence-corrected chi connectivity index (χ2v) is 4.11. The first-order valence-corrected chi connectivity index (χ1v) is 6.03. The number of nitro groups is 1. The lowest BCUT2D eigenvalue weighted by Gasteiger charge is -2.02. The maximum atomic E-state index is 10.9. The maximum Gasteiger partial charge on any atom is 0.273 e. The average Bonchev–Trinajstić information content (AvgIpc) is 2.84. The van der Waals surface area contributed by atoms with Crippen LogP contribution in [0.25, 0.3) is 11.3 Å². The van der Waals surface area contributed by atoms with Gasteiger partial charge in [-0.3, -0.25) is 10.1 Å². The lowest BCUT2D eigenvalue weighted by atomic mass is 10.1. The molecule has 0 saturated heterocycles. The summed E-state index contributed by atoms with van der Waals surface area (Å²) in [4.78, 5) is 14.7. The summed E-state index contributed by atoms with van der Waals surface area (Å²) in [6, 6.07) is 4.92. The van der Waals surface area contributed by atoms with Gasteiger partial charge in [0.2, 0.25) is 5.89 Å². The van der Waals surface area contributed by atoms with Crippen LogP contribution in [0.5, 0.6) is 0 Å². The van der Waals surface area contributed by atoms with Crippen LogP contribution < -0.4 is 5.32 Å². The highest BCUT2D eigenvalue weighted by molar-refractivity contribution is 5.66. The molecule has 0 radical (unpaired) electrons. The van der Waals surface area contributed by atoms with Crippen LogP contribution >= 0.6 is 0 Å². The van der Waals surface area contributed by atoms with Crippen LogP contribution in [0.2, 0.25) is 0 Å². The summed E-state index contributed by atoms with van der Waals surface area (Å²) in [5, 5.41) is 14.0. The molecular formula is C13H15N3O3. The molecule has 0 spiro atoms. The monoisotopic (exact) mass is 261 g/mol. The van der Waals surface area contributed by atoms with E-state index in [1.807, 2.05) is 6.92 Å². The Morgan fingerprint density at radius 2 is 2.26 bits per heavy atom. The minimum atomic E-state index is -0.394. The van der Waals surface area contributed by atoms with Crippen molar-refractivity contribution in [3.05, 3.63) is 46.0 Å². The van der Waals surface area contributed by atoms with Crippen molar-refractivity contribution in [1.82, 2.24) is 10.3 Å². The number of benzene rings is 1. The van der Waals surface area contributed by atoms with Gasteiger partial charge in [-0.15, -0.1) is 0 Å². The van der Waals surface area contributed by atoms with Crippen LogP contribution in [0.1, 0.15) is 18.4 Å². The van der Waals surface area contributed by atoms with E-state index < -0.39 is 4.92 Å². The predicted octanol–water partition coefficient (Wildman–Crippen LogP) is 2.67. The molecule has 6 heteroatoms. The average molecular weight is 261 g/mol. The summed E-state index contributed by atoms with van der Waals surface area (Å²) in [6.45, 7) is 5.08. The van der Waals surface area contributed by atoms with Gasteiger partial charge in [0.05, 0.1) is 17.7 Å². The molecule has 2 aromatic rings. The van der Waals surface area contributed by atoms with Crippen LogP contribution in [0.15, 0.2) is 28.8 Å². The highest BCUT2D eigenvalue weighted by Gasteiger charge is 2.16. The van der Waals surface area contributed by atoms with Crippen molar-refractivity contribution in [2.24, 2.45) is 0 Å². The molecule has 1 aromatic heterocycles. The molecule has 100 valence electrons. The number of rotatable bonds is 5. The molecule has 0 unspecified atom stereocenters. The third-order valence-electron chi connectivity index (χ3n) is 2.85. The molecule has 0 atom stereocenters. The summed E-state index contributed by atoms with van der Waals surface area (Å²) in [6.07, 6.45) is 1.60. The Hall–Kier alpha value is -2.21. The van der Waals surface area contributed by atoms with Gasteiger partial charge in [0.25, 0.3) is 5.69 Å². The van der Waals surface area contributed by atoms with Crippen molar-refractivity contribution in [1.29, 1.82) is 0 Å². The Kier molecular flexibility index (Phi) is 3.91. The van der Waals surface area contributed by atoms with E-state index in [0.29, 0.717) is 29.3 Å². The summed E-state index contributed by atoms with van der Waals surface area (Å²) in [7, 11) is 0. The quantitative estimate of drug-likeness (QED) is 0.661. The van der Waals surface area contributed by atoms with E-state index in [1.165, 1.54) is 6.07 Å². The third-order valence-corrected chi connectivity index (χ3v) is 2.85. The normalized spacial score (nSPS) is 10.6. The standard InChI is InChI=1S/C13H15N3O3/c1-3-14-8-13-15-7-12(19-13)10-5-4-6-11(9(10)2)16(17)18/h4-7,14H,3,8H2,1-2H3. The van der Waals surface area contributed by atoms with Gasteiger partial charge in [-0.2, -0.15) is 0 Å². The zero-order valence-electron chi connectivity index (χ0n) is 10.8. The minimum Gasteiger partial charge on any atom is -0.439 e. The van der Waals surface area contributed by atoms with E-state index in [4.69, 9.17) is 4.42 Å². The third kappa shape index (κ3) is 2.79. The van der Waals surface area contributed by atoms with Crippen molar-refractivity contribution in [3.8, 4) is 11.3 Å². The molecule has 1 aromatic carbocycles. The lowest BCUT2D eigenvalue weighted by molar-refractivity contribution is -0.385. The van der Waals surface area contributed by atoms with Crippen molar-refractivity contribution < 1.29 is 9.34 Å². The molecule has 1 N–H and O–H groups in total. The SMILES string of the molecule is CCNCc1ncc(-c2cccc([N+](=O)[O-])c2C)o1. The van der Waals surface area contributed by atoms with Gasteiger partial charge in [0, 0.05) is 17.2 Å². The Bertz CT molecular complexity index is 593. The number of nitrogens with one attached hydrogen (secondary N) is 1. The fourth-order valence-corrected chi connectivity index (χ4v) is 1.84. The number of hydrogen-bond acceptors (Lipinski definition) is 5. The number of oxazole rings is 1. The molecule has 6 nitrogen and oxygen atoms in total. The smallest absolute Gasteiger partial charge is 0.273 e. The van der Waals surface area contributed by atoms with E-state index in [9.17, 15) is 10.1 Å². The predicted molar refractivity (Wildman–Crippen MR) is 70.7 cm³/mol. The van der Waals surface area contributed by atoms with E-state index >= 15 is 0 Å². The van der Waals surface area contributed by atoms with Crippen LogP contribution in [0, 0.1) is 17.0 Å². The van der Waals surface area contributed by atoms with Gasteiger partial charge >= 0.3 is 0 Å². The highest BCUT2D eigenvalue weighted by atomic mass is 16.6. The van der Waals surface area contributed by atoms with E-state index in [0.717, 1.165) is 6.54 Å². The molecule has 0 saturated carbocycles. The van der Waals surface area contributed by atoms with Crippen LogP contribution in [0.3, 0.4) is 0 Å². The molecule has 0 fully saturated rings. The molecular weight excluding hydrogens is 246 g/mol.